The molecule has 5 nitrogen and oxygen atoms in total. The second kappa shape index (κ2) is 8.34. The van der Waals surface area contributed by atoms with Crippen LogP contribution in [0.3, 0.4) is 0 Å². The lowest BCUT2D eigenvalue weighted by atomic mass is 10.1. The molecule has 0 saturated carbocycles. The van der Waals surface area contributed by atoms with Crippen LogP contribution in [0.25, 0.3) is 11.4 Å². The normalized spacial score (nSPS) is 11.0. The number of hydrogen-bond donors (Lipinski definition) is 1. The molecule has 2 aromatic carbocycles. The van der Waals surface area contributed by atoms with Gasteiger partial charge in [-0.05, 0) is 60.6 Å². The summed E-state index contributed by atoms with van der Waals surface area (Å²) in [7, 11) is 1.61. The minimum atomic E-state index is -0.192. The lowest BCUT2D eigenvalue weighted by Crippen LogP contribution is -2.26. The fraction of sp³-hybridized carbons (Fsp3) is 0.273. The molecule has 0 aliphatic rings. The van der Waals surface area contributed by atoms with Crippen LogP contribution >= 0.6 is 22.6 Å². The molecule has 0 spiro atoms. The molecule has 0 aliphatic heterocycles. The monoisotopic (exact) mass is 489 g/mol. The Morgan fingerprint density at radius 1 is 1.14 bits per heavy atom. The number of aryl methyl sites for hydroxylation is 1. The van der Waals surface area contributed by atoms with E-state index in [1.807, 2.05) is 54.9 Å². The number of rotatable bonds is 5. The summed E-state index contributed by atoms with van der Waals surface area (Å²) < 4.78 is 8.27. The van der Waals surface area contributed by atoms with E-state index < -0.39 is 0 Å². The highest BCUT2D eigenvalue weighted by atomic mass is 127. The van der Waals surface area contributed by atoms with Gasteiger partial charge in [0.05, 0.1) is 18.5 Å². The molecule has 6 heteroatoms. The van der Waals surface area contributed by atoms with Gasteiger partial charge in [-0.15, -0.1) is 0 Å². The quantitative estimate of drug-likeness (QED) is 0.496. The Balaban J connectivity index is 2.11. The van der Waals surface area contributed by atoms with E-state index in [1.54, 1.807) is 13.2 Å². The van der Waals surface area contributed by atoms with Gasteiger partial charge in [-0.2, -0.15) is 0 Å². The van der Waals surface area contributed by atoms with E-state index in [-0.39, 0.29) is 11.8 Å². The number of nitrogens with zero attached hydrogens (tertiary/aromatic N) is 2. The highest BCUT2D eigenvalue weighted by Crippen LogP contribution is 2.29. The molecule has 3 aromatic rings. The Morgan fingerprint density at radius 3 is 2.50 bits per heavy atom. The van der Waals surface area contributed by atoms with E-state index in [9.17, 15) is 4.79 Å². The van der Waals surface area contributed by atoms with Crippen LogP contribution in [0.5, 0.6) is 5.75 Å². The average molecular weight is 489 g/mol. The minimum absolute atomic E-state index is 0.192. The predicted octanol–water partition coefficient (Wildman–Crippen LogP) is 5.29. The molecule has 0 fully saturated rings. The van der Waals surface area contributed by atoms with Crippen molar-refractivity contribution in [2.24, 2.45) is 0 Å². The van der Waals surface area contributed by atoms with Crippen LogP contribution in [0.1, 0.15) is 47.1 Å². The lowest BCUT2D eigenvalue weighted by Gasteiger charge is -2.17. The highest BCUT2D eigenvalue weighted by molar-refractivity contribution is 14.1. The van der Waals surface area contributed by atoms with Crippen LogP contribution in [0.4, 0.5) is 0 Å². The molecule has 0 unspecified atom stereocenters. The number of aromatic nitrogens is 2. The van der Waals surface area contributed by atoms with Crippen molar-refractivity contribution in [1.82, 2.24) is 9.66 Å². The van der Waals surface area contributed by atoms with E-state index in [0.29, 0.717) is 11.3 Å². The third kappa shape index (κ3) is 3.78. The topological polar surface area (TPSA) is 56.1 Å². The zero-order valence-electron chi connectivity index (χ0n) is 16.7. The first-order chi connectivity index (χ1) is 13.3. The number of carbonyl (C=O) groups excluding carboxylic acids is 1. The summed E-state index contributed by atoms with van der Waals surface area (Å²) in [6.45, 7) is 8.07. The molecule has 3 rings (SSSR count). The zero-order chi connectivity index (χ0) is 20.4. The van der Waals surface area contributed by atoms with E-state index in [1.165, 1.54) is 0 Å². The molecule has 28 heavy (non-hydrogen) atoms. The zero-order valence-corrected chi connectivity index (χ0v) is 18.9. The molecule has 1 heterocycles. The van der Waals surface area contributed by atoms with Crippen LogP contribution in [-0.4, -0.2) is 22.7 Å². The summed E-state index contributed by atoms with van der Waals surface area (Å²) >= 11 is 2.30. The summed E-state index contributed by atoms with van der Waals surface area (Å²) in [5, 5.41) is 0. The summed E-state index contributed by atoms with van der Waals surface area (Å²) in [6.07, 6.45) is 0. The van der Waals surface area contributed by atoms with Gasteiger partial charge in [0.2, 0.25) is 0 Å². The van der Waals surface area contributed by atoms with Crippen molar-refractivity contribution in [2.45, 2.75) is 33.6 Å². The number of nitrogens with one attached hydrogen (secondary N) is 1. The molecule has 0 atom stereocenters. The third-order valence-electron chi connectivity index (χ3n) is 4.72. The van der Waals surface area contributed by atoms with E-state index >= 15 is 0 Å². The van der Waals surface area contributed by atoms with Crippen LogP contribution in [-0.2, 0) is 0 Å². The van der Waals surface area contributed by atoms with Crippen molar-refractivity contribution in [2.75, 3.05) is 12.5 Å². The van der Waals surface area contributed by atoms with Gasteiger partial charge in [-0.3, -0.25) is 10.2 Å². The number of methoxy groups -OCH3 is 1. The molecule has 146 valence electrons. The van der Waals surface area contributed by atoms with Crippen LogP contribution in [0, 0.1) is 17.4 Å². The maximum Gasteiger partial charge on any atom is 0.270 e. The standard InChI is InChI=1S/C22H24IN3O2/c1-13(2)20-15(4)24-21(17-9-6-7-11-18(17)23)26(20)25-22(27)16-10-8-12-19(28-5)14(16)3/h6-13H,1-5H3,(H,25,27). The second-order valence-electron chi connectivity index (χ2n) is 6.95. The van der Waals surface area contributed by atoms with Crippen molar-refractivity contribution in [3.63, 3.8) is 0 Å². The summed E-state index contributed by atoms with van der Waals surface area (Å²) in [4.78, 5) is 17.9. The van der Waals surface area contributed by atoms with Crippen LogP contribution in [0.2, 0.25) is 0 Å². The first-order valence-corrected chi connectivity index (χ1v) is 10.2. The Morgan fingerprint density at radius 2 is 1.86 bits per heavy atom. The summed E-state index contributed by atoms with van der Waals surface area (Å²) in [5.41, 5.74) is 7.34. The molecule has 0 saturated heterocycles. The van der Waals surface area contributed by atoms with Gasteiger partial charge in [-0.1, -0.05) is 38.1 Å². The molecule has 0 bridgehead atoms. The van der Waals surface area contributed by atoms with Gasteiger partial charge < -0.3 is 4.74 Å². The SMILES string of the molecule is COc1cccc(C(=O)Nn2c(-c3ccccc3I)nc(C)c2C(C)C)c1C. The Kier molecular flexibility index (Phi) is 6.07. The van der Waals surface area contributed by atoms with Gasteiger partial charge in [0.1, 0.15) is 5.75 Å². The molecule has 0 aliphatic carbocycles. The Hall–Kier alpha value is -2.35. The first-order valence-electron chi connectivity index (χ1n) is 9.14. The fourth-order valence-electron chi connectivity index (χ4n) is 3.40. The van der Waals surface area contributed by atoms with Crippen LogP contribution in [0.15, 0.2) is 42.5 Å². The van der Waals surface area contributed by atoms with Crippen molar-refractivity contribution >= 4 is 28.5 Å². The molecule has 0 radical (unpaired) electrons. The van der Waals surface area contributed by atoms with Crippen molar-refractivity contribution in [3.05, 3.63) is 68.5 Å². The second-order valence-corrected chi connectivity index (χ2v) is 8.11. The Labute approximate surface area is 179 Å². The lowest BCUT2D eigenvalue weighted by molar-refractivity contribution is 0.101. The number of imidazole rings is 1. The summed E-state index contributed by atoms with van der Waals surface area (Å²) in [5.74, 6) is 1.44. The predicted molar refractivity (Wildman–Crippen MR) is 121 cm³/mol. The van der Waals surface area contributed by atoms with Crippen molar-refractivity contribution in [3.8, 4) is 17.1 Å². The smallest absolute Gasteiger partial charge is 0.270 e. The molecule has 1 aromatic heterocycles. The molecule has 1 amide bonds. The van der Waals surface area contributed by atoms with E-state index in [2.05, 4.69) is 41.9 Å². The number of carbonyl (C=O) groups is 1. The van der Waals surface area contributed by atoms with Crippen LogP contribution < -0.4 is 10.2 Å². The van der Waals surface area contributed by atoms with Gasteiger partial charge in [0.15, 0.2) is 5.82 Å². The van der Waals surface area contributed by atoms with E-state index in [4.69, 9.17) is 9.72 Å². The minimum Gasteiger partial charge on any atom is -0.496 e. The third-order valence-corrected chi connectivity index (χ3v) is 5.66. The first kappa shape index (κ1) is 20.4. The number of hydrogen-bond acceptors (Lipinski definition) is 3. The van der Waals surface area contributed by atoms with Gasteiger partial charge in [0.25, 0.3) is 5.91 Å². The average Bonchev–Trinajstić information content (AvgIpc) is 2.98. The van der Waals surface area contributed by atoms with Gasteiger partial charge >= 0.3 is 0 Å². The number of amides is 1. The highest BCUT2D eigenvalue weighted by Gasteiger charge is 2.22. The molecular weight excluding hydrogens is 465 g/mol. The number of halogens is 1. The van der Waals surface area contributed by atoms with Crippen molar-refractivity contribution < 1.29 is 9.53 Å². The van der Waals surface area contributed by atoms with Gasteiger partial charge in [-0.25, -0.2) is 9.66 Å². The Bertz CT molecular complexity index is 1020. The number of ether oxygens (including phenoxy) is 1. The van der Waals surface area contributed by atoms with Crippen molar-refractivity contribution in [1.29, 1.82) is 0 Å². The molecule has 1 N–H and O–H groups in total. The maximum absolute atomic E-state index is 13.1. The summed E-state index contributed by atoms with van der Waals surface area (Å²) in [6, 6.07) is 13.5. The maximum atomic E-state index is 13.1. The number of benzene rings is 2. The van der Waals surface area contributed by atoms with Gasteiger partial charge in [0, 0.05) is 20.3 Å². The van der Waals surface area contributed by atoms with E-state index in [0.717, 1.165) is 31.9 Å². The molecular formula is C22H24IN3O2. The fourth-order valence-corrected chi connectivity index (χ4v) is 4.03. The largest absolute Gasteiger partial charge is 0.496 e.